The number of hydrogen-bond acceptors (Lipinski definition) is 5. The van der Waals surface area contributed by atoms with Crippen molar-refractivity contribution in [2.24, 2.45) is 5.92 Å². The Hall–Kier alpha value is -2.64. The van der Waals surface area contributed by atoms with E-state index in [4.69, 9.17) is 5.73 Å². The Bertz CT molecular complexity index is 790. The van der Waals surface area contributed by atoms with Crippen molar-refractivity contribution in [3.05, 3.63) is 17.8 Å². The summed E-state index contributed by atoms with van der Waals surface area (Å²) in [5.74, 6) is -0.458. The Labute approximate surface area is 165 Å². The Kier molecular flexibility index (Phi) is 5.58. The van der Waals surface area contributed by atoms with Gasteiger partial charge in [0.15, 0.2) is 0 Å². The lowest BCUT2D eigenvalue weighted by molar-refractivity contribution is -0.151. The number of carbonyl (C=O) groups excluding carboxylic acids is 3. The summed E-state index contributed by atoms with van der Waals surface area (Å²) >= 11 is 0. The van der Waals surface area contributed by atoms with Crippen LogP contribution >= 0.6 is 0 Å². The fourth-order valence-electron chi connectivity index (χ4n) is 3.65. The van der Waals surface area contributed by atoms with Gasteiger partial charge in [-0.25, -0.2) is 4.98 Å². The van der Waals surface area contributed by atoms with Crippen molar-refractivity contribution in [1.29, 1.82) is 0 Å². The van der Waals surface area contributed by atoms with Gasteiger partial charge < -0.3 is 20.9 Å². The zero-order chi connectivity index (χ0) is 20.6. The summed E-state index contributed by atoms with van der Waals surface area (Å²) in [7, 11) is 0. The SMILES string of the molecule is CC(C)C(=O)N1C[C@H](C)N(C(=O)C(=O)Nc2cnc(N)c(C3CC3)c2)CC1C. The normalized spacial score (nSPS) is 22.3. The van der Waals surface area contributed by atoms with Crippen LogP contribution in [-0.2, 0) is 14.4 Å². The lowest BCUT2D eigenvalue weighted by atomic mass is 10.0. The first-order valence-corrected chi connectivity index (χ1v) is 9.86. The van der Waals surface area contributed by atoms with Crippen molar-refractivity contribution in [1.82, 2.24) is 14.8 Å². The second kappa shape index (κ2) is 7.77. The number of aromatic nitrogens is 1. The van der Waals surface area contributed by atoms with Crippen LogP contribution in [0.1, 0.15) is 52.0 Å². The summed E-state index contributed by atoms with van der Waals surface area (Å²) in [6, 6.07) is 1.43. The maximum Gasteiger partial charge on any atom is 0.313 e. The second-order valence-electron chi connectivity index (χ2n) is 8.23. The number of amides is 3. The van der Waals surface area contributed by atoms with Crippen molar-refractivity contribution in [3.63, 3.8) is 0 Å². The zero-order valence-corrected chi connectivity index (χ0v) is 16.9. The maximum atomic E-state index is 12.7. The number of nitrogens with zero attached hydrogens (tertiary/aromatic N) is 3. The number of rotatable bonds is 3. The minimum atomic E-state index is -0.698. The maximum absolute atomic E-state index is 12.7. The average Bonchev–Trinajstić information content (AvgIpc) is 3.48. The van der Waals surface area contributed by atoms with Crippen LogP contribution in [0.2, 0.25) is 0 Å². The van der Waals surface area contributed by atoms with Gasteiger partial charge in [0, 0.05) is 31.1 Å². The van der Waals surface area contributed by atoms with Gasteiger partial charge in [0.25, 0.3) is 0 Å². The first kappa shape index (κ1) is 20.1. The van der Waals surface area contributed by atoms with Gasteiger partial charge in [0.2, 0.25) is 5.91 Å². The number of nitrogens with two attached hydrogens (primary N) is 1. The highest BCUT2D eigenvalue weighted by atomic mass is 16.2. The number of nitrogen functional groups attached to an aromatic ring is 1. The molecule has 1 aromatic heterocycles. The minimum Gasteiger partial charge on any atom is -0.383 e. The van der Waals surface area contributed by atoms with E-state index in [2.05, 4.69) is 10.3 Å². The first-order valence-electron chi connectivity index (χ1n) is 9.86. The van der Waals surface area contributed by atoms with Gasteiger partial charge in [-0.3, -0.25) is 14.4 Å². The van der Waals surface area contributed by atoms with Crippen molar-refractivity contribution >= 4 is 29.2 Å². The number of nitrogens with one attached hydrogen (secondary N) is 1. The summed E-state index contributed by atoms with van der Waals surface area (Å²) in [6.45, 7) is 8.23. The number of anilines is 2. The first-order chi connectivity index (χ1) is 13.2. The van der Waals surface area contributed by atoms with Crippen molar-refractivity contribution < 1.29 is 14.4 Å². The molecule has 1 aromatic rings. The summed E-state index contributed by atoms with van der Waals surface area (Å²) in [5, 5.41) is 2.65. The molecular formula is C20H29N5O3. The second-order valence-corrected chi connectivity index (χ2v) is 8.23. The molecule has 0 radical (unpaired) electrons. The van der Waals surface area contributed by atoms with Gasteiger partial charge in [0.1, 0.15) is 5.82 Å². The van der Waals surface area contributed by atoms with Crippen LogP contribution in [0, 0.1) is 5.92 Å². The molecule has 2 aliphatic rings. The van der Waals surface area contributed by atoms with E-state index in [-0.39, 0.29) is 23.9 Å². The van der Waals surface area contributed by atoms with Crippen molar-refractivity contribution in [2.45, 2.75) is 58.5 Å². The Morgan fingerprint density at radius 3 is 2.36 bits per heavy atom. The van der Waals surface area contributed by atoms with Gasteiger partial charge in [0.05, 0.1) is 11.9 Å². The molecule has 1 saturated carbocycles. The van der Waals surface area contributed by atoms with E-state index in [1.54, 1.807) is 11.0 Å². The highest BCUT2D eigenvalue weighted by Gasteiger charge is 2.37. The molecule has 152 valence electrons. The molecule has 1 unspecified atom stereocenters. The molecule has 1 aliphatic carbocycles. The summed E-state index contributed by atoms with van der Waals surface area (Å²) in [4.78, 5) is 45.1. The van der Waals surface area contributed by atoms with E-state index in [9.17, 15) is 14.4 Å². The Balaban J connectivity index is 1.66. The predicted octanol–water partition coefficient (Wildman–Crippen LogP) is 1.58. The number of pyridine rings is 1. The molecule has 0 aromatic carbocycles. The molecule has 1 saturated heterocycles. The van der Waals surface area contributed by atoms with Crippen LogP contribution in [0.5, 0.6) is 0 Å². The topological polar surface area (TPSA) is 109 Å². The van der Waals surface area contributed by atoms with E-state index in [0.717, 1.165) is 18.4 Å². The molecule has 2 heterocycles. The van der Waals surface area contributed by atoms with Gasteiger partial charge in [-0.15, -0.1) is 0 Å². The molecule has 8 heteroatoms. The highest BCUT2D eigenvalue weighted by Crippen LogP contribution is 2.42. The van der Waals surface area contributed by atoms with E-state index >= 15 is 0 Å². The van der Waals surface area contributed by atoms with E-state index in [1.165, 1.54) is 11.1 Å². The fourth-order valence-corrected chi connectivity index (χ4v) is 3.65. The van der Waals surface area contributed by atoms with Crippen molar-refractivity contribution in [2.75, 3.05) is 24.1 Å². The van der Waals surface area contributed by atoms with E-state index in [1.807, 2.05) is 27.7 Å². The lowest BCUT2D eigenvalue weighted by Crippen LogP contribution is -2.61. The molecule has 8 nitrogen and oxygen atoms in total. The Morgan fingerprint density at radius 2 is 1.75 bits per heavy atom. The highest BCUT2D eigenvalue weighted by molar-refractivity contribution is 6.39. The van der Waals surface area contributed by atoms with Crippen molar-refractivity contribution in [3.8, 4) is 0 Å². The minimum absolute atomic E-state index is 0.0662. The molecule has 3 N–H and O–H groups in total. The predicted molar refractivity (Wildman–Crippen MR) is 106 cm³/mol. The van der Waals surface area contributed by atoms with E-state index in [0.29, 0.717) is 30.5 Å². The third kappa shape index (κ3) is 4.10. The van der Waals surface area contributed by atoms with Crippen LogP contribution in [0.3, 0.4) is 0 Å². The summed E-state index contributed by atoms with van der Waals surface area (Å²) in [5.41, 5.74) is 7.30. The Morgan fingerprint density at radius 1 is 1.14 bits per heavy atom. The monoisotopic (exact) mass is 387 g/mol. The lowest BCUT2D eigenvalue weighted by Gasteiger charge is -2.44. The standard InChI is InChI=1S/C20H29N5O3/c1-11(2)19(27)24-9-13(4)25(10-12(24)3)20(28)18(26)23-15-7-16(14-5-6-14)17(21)22-8-15/h7-8,11-14H,5-6,9-10H2,1-4H3,(H2,21,22)(H,23,26)/t12?,13-/m0/s1. The van der Waals surface area contributed by atoms with Crippen LogP contribution in [0.4, 0.5) is 11.5 Å². The largest absolute Gasteiger partial charge is 0.383 e. The third-order valence-corrected chi connectivity index (χ3v) is 5.44. The molecule has 3 amide bonds. The fraction of sp³-hybridized carbons (Fsp3) is 0.600. The smallest absolute Gasteiger partial charge is 0.313 e. The number of piperazine rings is 1. The molecule has 3 rings (SSSR count). The summed E-state index contributed by atoms with van der Waals surface area (Å²) < 4.78 is 0. The average molecular weight is 387 g/mol. The third-order valence-electron chi connectivity index (χ3n) is 5.44. The molecule has 1 aliphatic heterocycles. The van der Waals surface area contributed by atoms with Gasteiger partial charge in [-0.2, -0.15) is 0 Å². The van der Waals surface area contributed by atoms with Gasteiger partial charge in [-0.05, 0) is 44.2 Å². The number of carbonyl (C=O) groups is 3. The van der Waals surface area contributed by atoms with Crippen LogP contribution in [0.25, 0.3) is 0 Å². The molecule has 2 atom stereocenters. The van der Waals surface area contributed by atoms with Crippen LogP contribution in [-0.4, -0.2) is 57.7 Å². The molecule has 28 heavy (non-hydrogen) atoms. The molecule has 0 bridgehead atoms. The molecule has 2 fully saturated rings. The van der Waals surface area contributed by atoms with Gasteiger partial charge in [-0.1, -0.05) is 13.8 Å². The zero-order valence-electron chi connectivity index (χ0n) is 16.9. The molecule has 0 spiro atoms. The number of hydrogen-bond donors (Lipinski definition) is 2. The van der Waals surface area contributed by atoms with Crippen LogP contribution in [0.15, 0.2) is 12.3 Å². The molecular weight excluding hydrogens is 358 g/mol. The quantitative estimate of drug-likeness (QED) is 0.766. The van der Waals surface area contributed by atoms with Gasteiger partial charge >= 0.3 is 11.8 Å². The van der Waals surface area contributed by atoms with Crippen LogP contribution < -0.4 is 11.1 Å². The van der Waals surface area contributed by atoms with E-state index < -0.39 is 11.8 Å². The summed E-state index contributed by atoms with van der Waals surface area (Å²) in [6.07, 6.45) is 3.60.